The second-order valence-corrected chi connectivity index (χ2v) is 8.14. The number of hydrogen-bond acceptors (Lipinski definition) is 6. The normalized spacial score (nSPS) is 18.4. The van der Waals surface area contributed by atoms with Crippen LogP contribution in [0.2, 0.25) is 0 Å². The van der Waals surface area contributed by atoms with Crippen LogP contribution in [-0.4, -0.2) is 40.5 Å². The predicted octanol–water partition coefficient (Wildman–Crippen LogP) is 3.80. The predicted molar refractivity (Wildman–Crippen MR) is 113 cm³/mol. The van der Waals surface area contributed by atoms with Gasteiger partial charge in [0.1, 0.15) is 11.6 Å². The van der Waals surface area contributed by atoms with Gasteiger partial charge in [-0.25, -0.2) is 9.97 Å². The Kier molecular flexibility index (Phi) is 5.28. The van der Waals surface area contributed by atoms with Crippen LogP contribution in [0.3, 0.4) is 0 Å². The summed E-state index contributed by atoms with van der Waals surface area (Å²) in [5.41, 5.74) is 3.12. The van der Waals surface area contributed by atoms with Crippen molar-refractivity contribution in [1.29, 1.82) is 0 Å². The van der Waals surface area contributed by atoms with Crippen LogP contribution in [0.5, 0.6) is 0 Å². The number of carbonyl (C=O) groups is 1. The number of nitrogens with zero attached hydrogens (tertiary/aromatic N) is 5. The van der Waals surface area contributed by atoms with Crippen LogP contribution in [0.1, 0.15) is 52.3 Å². The summed E-state index contributed by atoms with van der Waals surface area (Å²) < 4.78 is 0. The summed E-state index contributed by atoms with van der Waals surface area (Å²) in [6, 6.07) is 4.26. The van der Waals surface area contributed by atoms with Crippen molar-refractivity contribution in [2.45, 2.75) is 59.4 Å². The fourth-order valence-corrected chi connectivity index (χ4v) is 3.47. The summed E-state index contributed by atoms with van der Waals surface area (Å²) in [5, 5.41) is 2.79. The van der Waals surface area contributed by atoms with Crippen LogP contribution < -0.4 is 15.1 Å². The number of anilines is 4. The topological polar surface area (TPSA) is 74.2 Å². The number of aromatic nitrogens is 3. The molecule has 7 heteroatoms. The summed E-state index contributed by atoms with van der Waals surface area (Å²) in [6.45, 7) is 13.0. The lowest BCUT2D eigenvalue weighted by atomic mass is 9.83. The zero-order valence-corrected chi connectivity index (χ0v) is 17.9. The van der Waals surface area contributed by atoms with Crippen molar-refractivity contribution in [3.63, 3.8) is 0 Å². The van der Waals surface area contributed by atoms with Crippen molar-refractivity contribution < 1.29 is 4.79 Å². The Labute approximate surface area is 167 Å². The molecule has 3 heterocycles. The lowest BCUT2D eigenvalue weighted by Crippen LogP contribution is -2.30. The van der Waals surface area contributed by atoms with Gasteiger partial charge in [0.25, 0.3) is 0 Å². The number of nitrogens with one attached hydrogen (secondary N) is 1. The summed E-state index contributed by atoms with van der Waals surface area (Å²) in [6.07, 6.45) is 2.87. The molecule has 1 amide bonds. The first kappa shape index (κ1) is 20.0. The van der Waals surface area contributed by atoms with Gasteiger partial charge in [0.2, 0.25) is 11.9 Å². The minimum atomic E-state index is -0.131. The van der Waals surface area contributed by atoms with E-state index in [1.165, 1.54) is 12.5 Å². The highest BCUT2D eigenvalue weighted by Gasteiger charge is 2.39. The van der Waals surface area contributed by atoms with Crippen LogP contribution >= 0.6 is 0 Å². The van der Waals surface area contributed by atoms with Gasteiger partial charge in [0.05, 0.1) is 5.69 Å². The van der Waals surface area contributed by atoms with Crippen LogP contribution in [-0.2, 0) is 10.2 Å². The molecule has 2 aromatic rings. The standard InChI is InChI=1S/C21H30N6O/c1-8-21(6)12-27(17-10-18(24-15(5)28)22-11-16(17)21)19-9-14(4)23-20(25-19)26(7)13(2)3/h9-11,13H,8,12H2,1-7H3,(H,22,24,28). The van der Waals surface area contributed by atoms with E-state index < -0.39 is 0 Å². The highest BCUT2D eigenvalue weighted by atomic mass is 16.1. The summed E-state index contributed by atoms with van der Waals surface area (Å²) in [5.74, 6) is 2.01. The van der Waals surface area contributed by atoms with Crippen LogP contribution in [0.15, 0.2) is 18.3 Å². The SMILES string of the molecule is CCC1(C)CN(c2cc(C)nc(N(C)C(C)C)n2)c2cc(NC(C)=O)ncc21. The maximum Gasteiger partial charge on any atom is 0.227 e. The second kappa shape index (κ2) is 7.37. The molecule has 28 heavy (non-hydrogen) atoms. The molecule has 7 nitrogen and oxygen atoms in total. The van der Waals surface area contributed by atoms with Crippen molar-refractivity contribution in [1.82, 2.24) is 15.0 Å². The number of hydrogen-bond donors (Lipinski definition) is 1. The number of carbonyl (C=O) groups excluding carboxylic acids is 1. The number of fused-ring (bicyclic) bond motifs is 1. The Morgan fingerprint density at radius 1 is 1.36 bits per heavy atom. The van der Waals surface area contributed by atoms with E-state index in [9.17, 15) is 4.79 Å². The molecule has 3 rings (SSSR count). The van der Waals surface area contributed by atoms with Gasteiger partial charge in [-0.15, -0.1) is 0 Å². The largest absolute Gasteiger partial charge is 0.341 e. The van der Waals surface area contributed by atoms with Crippen molar-refractivity contribution in [2.75, 3.05) is 28.7 Å². The monoisotopic (exact) mass is 382 g/mol. The number of pyridine rings is 1. The summed E-state index contributed by atoms with van der Waals surface area (Å²) in [7, 11) is 2.01. The molecule has 0 aliphatic carbocycles. The van der Waals surface area contributed by atoms with Gasteiger partial charge in [-0.2, -0.15) is 4.98 Å². The van der Waals surface area contributed by atoms with E-state index >= 15 is 0 Å². The Morgan fingerprint density at radius 3 is 2.68 bits per heavy atom. The number of rotatable bonds is 5. The van der Waals surface area contributed by atoms with E-state index in [2.05, 4.69) is 52.8 Å². The van der Waals surface area contributed by atoms with E-state index in [4.69, 9.17) is 4.98 Å². The molecule has 1 atom stereocenters. The lowest BCUT2D eigenvalue weighted by molar-refractivity contribution is -0.114. The Balaban J connectivity index is 2.10. The minimum absolute atomic E-state index is 0.0277. The maximum absolute atomic E-state index is 11.5. The van der Waals surface area contributed by atoms with Gasteiger partial charge in [0, 0.05) is 61.6 Å². The molecule has 0 aromatic carbocycles. The third-order valence-electron chi connectivity index (χ3n) is 5.61. The number of aryl methyl sites for hydroxylation is 1. The van der Waals surface area contributed by atoms with Gasteiger partial charge >= 0.3 is 0 Å². The molecule has 0 saturated carbocycles. The lowest BCUT2D eigenvalue weighted by Gasteiger charge is -2.26. The van der Waals surface area contributed by atoms with Crippen molar-refractivity contribution >= 4 is 29.2 Å². The average Bonchev–Trinajstić information content (AvgIpc) is 2.93. The van der Waals surface area contributed by atoms with Crippen LogP contribution in [0, 0.1) is 6.92 Å². The quantitative estimate of drug-likeness (QED) is 0.848. The Hall–Kier alpha value is -2.70. The highest BCUT2D eigenvalue weighted by molar-refractivity contribution is 5.88. The van der Waals surface area contributed by atoms with E-state index in [0.29, 0.717) is 17.8 Å². The van der Waals surface area contributed by atoms with Gasteiger partial charge in [-0.05, 0) is 27.2 Å². The summed E-state index contributed by atoms with van der Waals surface area (Å²) >= 11 is 0. The van der Waals surface area contributed by atoms with Gasteiger partial charge in [0.15, 0.2) is 0 Å². The zero-order chi connectivity index (χ0) is 20.6. The molecule has 1 aliphatic rings. The van der Waals surface area contributed by atoms with Crippen LogP contribution in [0.4, 0.5) is 23.3 Å². The van der Waals surface area contributed by atoms with Crippen molar-refractivity contribution in [3.8, 4) is 0 Å². The Morgan fingerprint density at radius 2 is 2.07 bits per heavy atom. The van der Waals surface area contributed by atoms with Gasteiger partial charge in [-0.3, -0.25) is 4.79 Å². The van der Waals surface area contributed by atoms with Gasteiger partial charge < -0.3 is 15.1 Å². The molecular weight excluding hydrogens is 352 g/mol. The van der Waals surface area contributed by atoms with Gasteiger partial charge in [-0.1, -0.05) is 13.8 Å². The van der Waals surface area contributed by atoms with Crippen LogP contribution in [0.25, 0.3) is 0 Å². The molecule has 1 N–H and O–H groups in total. The molecular formula is C21H30N6O. The first-order valence-corrected chi connectivity index (χ1v) is 9.79. The van der Waals surface area contributed by atoms with E-state index in [1.54, 1.807) is 0 Å². The number of amides is 1. The third-order valence-corrected chi connectivity index (χ3v) is 5.61. The molecule has 0 spiro atoms. The Bertz CT molecular complexity index is 896. The molecule has 1 aliphatic heterocycles. The molecule has 0 fully saturated rings. The maximum atomic E-state index is 11.5. The van der Waals surface area contributed by atoms with E-state index in [0.717, 1.165) is 30.2 Å². The molecule has 1 unspecified atom stereocenters. The minimum Gasteiger partial charge on any atom is -0.341 e. The van der Waals surface area contributed by atoms with E-state index in [-0.39, 0.29) is 11.3 Å². The fourth-order valence-electron chi connectivity index (χ4n) is 3.47. The summed E-state index contributed by atoms with van der Waals surface area (Å²) in [4.78, 5) is 29.7. The second-order valence-electron chi connectivity index (χ2n) is 8.14. The molecule has 0 bridgehead atoms. The smallest absolute Gasteiger partial charge is 0.227 e. The first-order chi connectivity index (χ1) is 13.1. The molecule has 2 aromatic heterocycles. The highest BCUT2D eigenvalue weighted by Crippen LogP contribution is 2.46. The molecule has 0 radical (unpaired) electrons. The first-order valence-electron chi connectivity index (χ1n) is 9.79. The molecule has 0 saturated heterocycles. The van der Waals surface area contributed by atoms with Crippen molar-refractivity contribution in [3.05, 3.63) is 29.6 Å². The third kappa shape index (κ3) is 3.66. The van der Waals surface area contributed by atoms with Crippen molar-refractivity contribution in [2.24, 2.45) is 0 Å². The zero-order valence-electron chi connectivity index (χ0n) is 17.9. The van der Waals surface area contributed by atoms with E-state index in [1.807, 2.05) is 32.3 Å². The molecule has 150 valence electrons. The fraction of sp³-hybridized carbons (Fsp3) is 0.524. The average molecular weight is 383 g/mol.